The van der Waals surface area contributed by atoms with Gasteiger partial charge >= 0.3 is 0 Å². The second-order valence-corrected chi connectivity index (χ2v) is 5.87. The Hall–Kier alpha value is -2.29. The van der Waals surface area contributed by atoms with E-state index in [9.17, 15) is 9.90 Å². The Morgan fingerprint density at radius 1 is 0.957 bits per heavy atom. The van der Waals surface area contributed by atoms with Crippen LogP contribution in [-0.2, 0) is 0 Å². The Morgan fingerprint density at radius 2 is 1.74 bits per heavy atom. The summed E-state index contributed by atoms with van der Waals surface area (Å²) >= 11 is 11.8. The van der Waals surface area contributed by atoms with Gasteiger partial charge in [0.1, 0.15) is 5.75 Å². The average Bonchev–Trinajstić information content (AvgIpc) is 2.55. The molecule has 0 atom stereocenters. The standard InChI is InChI=1S/C19H12Cl2O2/c20-15-8-5-12(11-16(15)21)6-9-17(22)19-14-4-2-1-3-13(14)7-10-18(19)23/h1-11,23H/b9-6+. The quantitative estimate of drug-likeness (QED) is 0.486. The zero-order chi connectivity index (χ0) is 16.4. The molecule has 1 N–H and O–H groups in total. The molecule has 0 amide bonds. The second kappa shape index (κ2) is 6.45. The van der Waals surface area contributed by atoms with Crippen LogP contribution in [0.4, 0.5) is 0 Å². The minimum atomic E-state index is -0.273. The molecule has 3 rings (SSSR count). The van der Waals surface area contributed by atoms with Crippen molar-refractivity contribution < 1.29 is 9.90 Å². The number of fused-ring (bicyclic) bond motifs is 1. The molecule has 0 aliphatic carbocycles. The number of allylic oxidation sites excluding steroid dienone is 1. The molecule has 0 bridgehead atoms. The first kappa shape index (κ1) is 15.6. The number of hydrogen-bond acceptors (Lipinski definition) is 2. The van der Waals surface area contributed by atoms with Crippen LogP contribution < -0.4 is 0 Å². The molecule has 0 unspecified atom stereocenters. The van der Waals surface area contributed by atoms with Crippen LogP contribution >= 0.6 is 23.2 Å². The minimum absolute atomic E-state index is 0.0347. The number of carbonyl (C=O) groups is 1. The SMILES string of the molecule is O=C(/C=C/c1ccc(Cl)c(Cl)c1)c1c(O)ccc2ccccc12. The van der Waals surface area contributed by atoms with Gasteiger partial charge in [0.25, 0.3) is 0 Å². The van der Waals surface area contributed by atoms with E-state index in [0.717, 1.165) is 16.3 Å². The van der Waals surface area contributed by atoms with Gasteiger partial charge in [-0.1, -0.05) is 65.7 Å². The van der Waals surface area contributed by atoms with Crippen LogP contribution in [0.25, 0.3) is 16.8 Å². The summed E-state index contributed by atoms with van der Waals surface area (Å²) in [4.78, 5) is 12.5. The van der Waals surface area contributed by atoms with Crippen LogP contribution in [0.1, 0.15) is 15.9 Å². The maximum atomic E-state index is 12.5. The smallest absolute Gasteiger partial charge is 0.190 e. The van der Waals surface area contributed by atoms with Crippen LogP contribution in [0.2, 0.25) is 10.0 Å². The van der Waals surface area contributed by atoms with Gasteiger partial charge in [0.15, 0.2) is 5.78 Å². The molecule has 114 valence electrons. The van der Waals surface area contributed by atoms with Gasteiger partial charge in [0.2, 0.25) is 0 Å². The number of aromatic hydroxyl groups is 1. The lowest BCUT2D eigenvalue weighted by Crippen LogP contribution is -1.96. The van der Waals surface area contributed by atoms with Crippen LogP contribution in [-0.4, -0.2) is 10.9 Å². The maximum Gasteiger partial charge on any atom is 0.190 e. The highest BCUT2D eigenvalue weighted by molar-refractivity contribution is 6.42. The number of rotatable bonds is 3. The van der Waals surface area contributed by atoms with Crippen molar-refractivity contribution in [3.63, 3.8) is 0 Å². The Labute approximate surface area is 143 Å². The summed E-state index contributed by atoms with van der Waals surface area (Å²) in [7, 11) is 0. The molecule has 0 fully saturated rings. The Morgan fingerprint density at radius 3 is 2.52 bits per heavy atom. The fraction of sp³-hybridized carbons (Fsp3) is 0. The van der Waals surface area contributed by atoms with E-state index in [-0.39, 0.29) is 11.5 Å². The summed E-state index contributed by atoms with van der Waals surface area (Å²) in [5, 5.41) is 12.6. The largest absolute Gasteiger partial charge is 0.507 e. The number of hydrogen-bond donors (Lipinski definition) is 1. The fourth-order valence-corrected chi connectivity index (χ4v) is 2.70. The second-order valence-electron chi connectivity index (χ2n) is 5.05. The zero-order valence-corrected chi connectivity index (χ0v) is 13.5. The van der Waals surface area contributed by atoms with Crippen molar-refractivity contribution in [2.45, 2.75) is 0 Å². The summed E-state index contributed by atoms with van der Waals surface area (Å²) in [5.74, 6) is -0.308. The molecule has 0 saturated heterocycles. The highest BCUT2D eigenvalue weighted by Gasteiger charge is 2.12. The molecule has 3 aromatic rings. The Bertz CT molecular complexity index is 930. The van der Waals surface area contributed by atoms with Gasteiger partial charge < -0.3 is 5.11 Å². The van der Waals surface area contributed by atoms with E-state index in [1.165, 1.54) is 12.1 Å². The van der Waals surface area contributed by atoms with Crippen molar-refractivity contribution in [3.8, 4) is 5.75 Å². The van der Waals surface area contributed by atoms with E-state index in [1.807, 2.05) is 24.3 Å². The van der Waals surface area contributed by atoms with E-state index < -0.39 is 0 Å². The zero-order valence-electron chi connectivity index (χ0n) is 12.0. The lowest BCUT2D eigenvalue weighted by atomic mass is 9.99. The Balaban J connectivity index is 1.99. The molecular weight excluding hydrogens is 331 g/mol. The van der Waals surface area contributed by atoms with Gasteiger partial charge in [-0.3, -0.25) is 4.79 Å². The Kier molecular flexibility index (Phi) is 4.37. The number of phenolic OH excluding ortho intramolecular Hbond substituents is 1. The monoisotopic (exact) mass is 342 g/mol. The number of phenols is 1. The molecule has 0 aliphatic rings. The number of benzene rings is 3. The first-order valence-corrected chi connectivity index (χ1v) is 7.70. The number of ketones is 1. The molecule has 0 aliphatic heterocycles. The molecule has 3 aromatic carbocycles. The summed E-state index contributed by atoms with van der Waals surface area (Å²) in [5.41, 5.74) is 1.05. The highest BCUT2D eigenvalue weighted by Crippen LogP contribution is 2.28. The van der Waals surface area contributed by atoms with Crippen molar-refractivity contribution in [1.82, 2.24) is 0 Å². The van der Waals surface area contributed by atoms with E-state index in [4.69, 9.17) is 23.2 Å². The molecule has 2 nitrogen and oxygen atoms in total. The van der Waals surface area contributed by atoms with E-state index >= 15 is 0 Å². The molecule has 0 spiro atoms. The van der Waals surface area contributed by atoms with Crippen molar-refractivity contribution in [2.24, 2.45) is 0 Å². The number of halogens is 2. The third kappa shape index (κ3) is 3.24. The van der Waals surface area contributed by atoms with Gasteiger partial charge in [-0.25, -0.2) is 0 Å². The van der Waals surface area contributed by atoms with Crippen LogP contribution in [0.5, 0.6) is 5.75 Å². The van der Waals surface area contributed by atoms with Crippen molar-refractivity contribution in [2.75, 3.05) is 0 Å². The summed E-state index contributed by atoms with van der Waals surface area (Å²) in [6, 6.07) is 15.9. The predicted octanol–water partition coefficient (Wildman–Crippen LogP) is 5.75. The summed E-state index contributed by atoms with van der Waals surface area (Å²) < 4.78 is 0. The lowest BCUT2D eigenvalue weighted by Gasteiger charge is -2.06. The summed E-state index contributed by atoms with van der Waals surface area (Å²) in [6.45, 7) is 0. The molecular formula is C19H12Cl2O2. The molecule has 4 heteroatoms. The normalized spacial score (nSPS) is 11.2. The van der Waals surface area contributed by atoms with E-state index in [1.54, 1.807) is 30.3 Å². The van der Waals surface area contributed by atoms with Gasteiger partial charge in [-0.2, -0.15) is 0 Å². The maximum absolute atomic E-state index is 12.5. The predicted molar refractivity (Wildman–Crippen MR) is 95.4 cm³/mol. The molecule has 0 radical (unpaired) electrons. The fourth-order valence-electron chi connectivity index (χ4n) is 2.39. The van der Waals surface area contributed by atoms with Crippen LogP contribution in [0.3, 0.4) is 0 Å². The van der Waals surface area contributed by atoms with Crippen LogP contribution in [0, 0.1) is 0 Å². The van der Waals surface area contributed by atoms with Crippen molar-refractivity contribution in [1.29, 1.82) is 0 Å². The summed E-state index contributed by atoms with van der Waals surface area (Å²) in [6.07, 6.45) is 3.06. The number of carbonyl (C=O) groups excluding carboxylic acids is 1. The topological polar surface area (TPSA) is 37.3 Å². The van der Waals surface area contributed by atoms with Crippen molar-refractivity contribution >= 4 is 45.8 Å². The highest BCUT2D eigenvalue weighted by atomic mass is 35.5. The third-order valence-electron chi connectivity index (χ3n) is 3.52. The van der Waals surface area contributed by atoms with Crippen molar-refractivity contribution in [3.05, 3.63) is 81.8 Å². The van der Waals surface area contributed by atoms with Gasteiger partial charge in [-0.05, 0) is 40.6 Å². The van der Waals surface area contributed by atoms with Gasteiger partial charge in [0, 0.05) is 0 Å². The molecule has 23 heavy (non-hydrogen) atoms. The first-order valence-electron chi connectivity index (χ1n) is 6.94. The lowest BCUT2D eigenvalue weighted by molar-refractivity contribution is 0.104. The van der Waals surface area contributed by atoms with E-state index in [0.29, 0.717) is 15.6 Å². The first-order chi connectivity index (χ1) is 11.1. The van der Waals surface area contributed by atoms with Crippen LogP contribution in [0.15, 0.2) is 60.7 Å². The molecule has 0 aromatic heterocycles. The van der Waals surface area contributed by atoms with Gasteiger partial charge in [0.05, 0.1) is 15.6 Å². The molecule has 0 heterocycles. The minimum Gasteiger partial charge on any atom is -0.507 e. The van der Waals surface area contributed by atoms with Gasteiger partial charge in [-0.15, -0.1) is 0 Å². The molecule has 0 saturated carbocycles. The third-order valence-corrected chi connectivity index (χ3v) is 4.26. The van der Waals surface area contributed by atoms with E-state index in [2.05, 4.69) is 0 Å². The average molecular weight is 343 g/mol.